The van der Waals surface area contributed by atoms with Crippen molar-refractivity contribution < 1.29 is 33.8 Å². The maximum atomic E-state index is 13.9. The minimum atomic E-state index is -1.16. The van der Waals surface area contributed by atoms with Gasteiger partial charge in [-0.3, -0.25) is 19.2 Å². The van der Waals surface area contributed by atoms with Crippen LogP contribution in [0.2, 0.25) is 0 Å². The monoisotopic (exact) mass is 578 g/mol. The summed E-state index contributed by atoms with van der Waals surface area (Å²) in [7, 11) is 1.57. The molecule has 5 rings (SSSR count). The molecular weight excluding hydrogens is 540 g/mol. The lowest BCUT2D eigenvalue weighted by molar-refractivity contribution is -0.139. The second-order valence-electron chi connectivity index (χ2n) is 11.1. The van der Waals surface area contributed by atoms with E-state index in [2.05, 4.69) is 10.6 Å². The molecule has 2 aromatic carbocycles. The highest BCUT2D eigenvalue weighted by Crippen LogP contribution is 2.25. The average Bonchev–Trinajstić information content (AvgIpc) is 3.65. The standard InChI is InChI=1S/C31H38N4O7/c1-41-18-21-6-4-14-34(21)31(40)26-17-28(37)32-25(16-20-10-12-23(36)13-11-20)30(39)35-15-5-7-22(35)19-42-27-9-3-2-8-24(27)29(38)33-26/h2-3,8-13,21-22,25-26,36H,4-7,14-19H2,1H3,(H,32,37)(H,33,38)/t21-,22+,25-,26-/m0/s1. The van der Waals surface area contributed by atoms with Crippen LogP contribution in [0.3, 0.4) is 0 Å². The fourth-order valence-electron chi connectivity index (χ4n) is 6.10. The molecule has 11 nitrogen and oxygen atoms in total. The Bertz CT molecular complexity index is 1300. The highest BCUT2D eigenvalue weighted by molar-refractivity contribution is 6.01. The van der Waals surface area contributed by atoms with E-state index in [1.807, 2.05) is 0 Å². The fraction of sp³-hybridized carbons (Fsp3) is 0.484. The van der Waals surface area contributed by atoms with E-state index in [9.17, 15) is 24.3 Å². The van der Waals surface area contributed by atoms with E-state index >= 15 is 0 Å². The molecular formula is C31H38N4O7. The number of phenolic OH excluding ortho intramolecular Hbond substituents is 1. The van der Waals surface area contributed by atoms with Gasteiger partial charge in [0.1, 0.15) is 30.2 Å². The average molecular weight is 579 g/mol. The molecule has 0 unspecified atom stereocenters. The van der Waals surface area contributed by atoms with Crippen molar-refractivity contribution in [3.05, 3.63) is 59.7 Å². The molecule has 3 aliphatic rings. The predicted molar refractivity (Wildman–Crippen MR) is 153 cm³/mol. The van der Waals surface area contributed by atoms with E-state index < -0.39 is 23.9 Å². The van der Waals surface area contributed by atoms with Crippen LogP contribution in [0.1, 0.15) is 48.0 Å². The van der Waals surface area contributed by atoms with Gasteiger partial charge in [0.2, 0.25) is 17.7 Å². The van der Waals surface area contributed by atoms with Gasteiger partial charge in [0.05, 0.1) is 30.7 Å². The number of amides is 4. The summed E-state index contributed by atoms with van der Waals surface area (Å²) in [6.45, 7) is 1.56. The first-order chi connectivity index (χ1) is 20.3. The van der Waals surface area contributed by atoms with Gasteiger partial charge in [-0.25, -0.2) is 0 Å². The molecule has 42 heavy (non-hydrogen) atoms. The van der Waals surface area contributed by atoms with E-state index in [0.29, 0.717) is 25.4 Å². The molecule has 3 heterocycles. The number of nitrogens with zero attached hydrogens (tertiary/aromatic N) is 2. The van der Waals surface area contributed by atoms with Crippen molar-refractivity contribution in [2.45, 2.75) is 62.7 Å². The Hall–Kier alpha value is -4.12. The van der Waals surface area contributed by atoms with Crippen LogP contribution in [-0.2, 0) is 25.5 Å². The molecule has 0 spiro atoms. The molecule has 4 amide bonds. The lowest BCUT2D eigenvalue weighted by Gasteiger charge is -2.31. The third-order valence-electron chi connectivity index (χ3n) is 8.24. The minimum absolute atomic E-state index is 0.0999. The first-order valence-electron chi connectivity index (χ1n) is 14.5. The van der Waals surface area contributed by atoms with Gasteiger partial charge in [0, 0.05) is 26.6 Å². The lowest BCUT2D eigenvalue weighted by Crippen LogP contribution is -2.55. The number of likely N-dealkylation sites (tertiary alicyclic amines) is 1. The van der Waals surface area contributed by atoms with Crippen LogP contribution < -0.4 is 15.4 Å². The van der Waals surface area contributed by atoms with Gasteiger partial charge in [0.25, 0.3) is 5.91 Å². The third kappa shape index (κ3) is 6.67. The molecule has 4 atom stereocenters. The van der Waals surface area contributed by atoms with Crippen molar-refractivity contribution >= 4 is 23.6 Å². The van der Waals surface area contributed by atoms with Gasteiger partial charge in [-0.15, -0.1) is 0 Å². The smallest absolute Gasteiger partial charge is 0.255 e. The molecule has 0 saturated carbocycles. The number of ether oxygens (including phenoxy) is 2. The Kier molecular flexibility index (Phi) is 9.26. The van der Waals surface area contributed by atoms with Crippen LogP contribution in [0.25, 0.3) is 0 Å². The van der Waals surface area contributed by atoms with E-state index in [0.717, 1.165) is 31.2 Å². The van der Waals surface area contributed by atoms with Gasteiger partial charge >= 0.3 is 0 Å². The maximum Gasteiger partial charge on any atom is 0.255 e. The fourth-order valence-corrected chi connectivity index (χ4v) is 6.10. The SMILES string of the molecule is COC[C@@H]1CCCN1C(=O)[C@@H]1CC(=O)N[C@@H](Cc2ccc(O)cc2)C(=O)N2CCC[C@@H]2COc2ccccc2C(=O)N1. The summed E-state index contributed by atoms with van der Waals surface area (Å²) < 4.78 is 11.4. The van der Waals surface area contributed by atoms with Crippen molar-refractivity contribution in [3.8, 4) is 11.5 Å². The van der Waals surface area contributed by atoms with Crippen LogP contribution in [0, 0.1) is 0 Å². The quantitative estimate of drug-likeness (QED) is 0.491. The first kappa shape index (κ1) is 29.4. The number of rotatable bonds is 5. The Balaban J connectivity index is 1.47. The van der Waals surface area contributed by atoms with Crippen LogP contribution in [0.5, 0.6) is 11.5 Å². The zero-order chi connectivity index (χ0) is 29.6. The van der Waals surface area contributed by atoms with Crippen LogP contribution in [0.4, 0.5) is 0 Å². The van der Waals surface area contributed by atoms with E-state index in [4.69, 9.17) is 9.47 Å². The molecule has 11 heteroatoms. The summed E-state index contributed by atoms with van der Waals surface area (Å²) in [5, 5.41) is 15.4. The minimum Gasteiger partial charge on any atom is -0.508 e. The number of benzene rings is 2. The number of methoxy groups -OCH3 is 1. The Morgan fingerprint density at radius 2 is 1.79 bits per heavy atom. The van der Waals surface area contributed by atoms with Crippen LogP contribution in [0.15, 0.2) is 48.5 Å². The molecule has 0 bridgehead atoms. The number of carbonyl (C=O) groups excluding carboxylic acids is 4. The topological polar surface area (TPSA) is 138 Å². The lowest BCUT2D eigenvalue weighted by atomic mass is 10.0. The number of fused-ring (bicyclic) bond motifs is 2. The summed E-state index contributed by atoms with van der Waals surface area (Å²) in [6.07, 6.45) is 2.94. The molecule has 224 valence electrons. The molecule has 3 aliphatic heterocycles. The Morgan fingerprint density at radius 1 is 1.02 bits per heavy atom. The van der Waals surface area contributed by atoms with Crippen molar-refractivity contribution in [2.24, 2.45) is 0 Å². The largest absolute Gasteiger partial charge is 0.508 e. The second-order valence-corrected chi connectivity index (χ2v) is 11.1. The number of carbonyl (C=O) groups is 4. The second kappa shape index (κ2) is 13.2. The molecule has 3 N–H and O–H groups in total. The molecule has 0 aromatic heterocycles. The molecule has 2 aromatic rings. The number of aromatic hydroxyl groups is 1. The highest BCUT2D eigenvalue weighted by atomic mass is 16.5. The van der Waals surface area contributed by atoms with Crippen molar-refractivity contribution in [1.82, 2.24) is 20.4 Å². The van der Waals surface area contributed by atoms with Crippen molar-refractivity contribution in [1.29, 1.82) is 0 Å². The predicted octanol–water partition coefficient (Wildman–Crippen LogP) is 1.63. The zero-order valence-electron chi connectivity index (χ0n) is 23.8. The number of nitrogens with one attached hydrogen (secondary N) is 2. The van der Waals surface area contributed by atoms with Gasteiger partial charge in [-0.05, 0) is 55.5 Å². The van der Waals surface area contributed by atoms with E-state index in [1.54, 1.807) is 53.3 Å². The third-order valence-corrected chi connectivity index (χ3v) is 8.24. The van der Waals surface area contributed by atoms with Crippen LogP contribution >= 0.6 is 0 Å². The zero-order valence-corrected chi connectivity index (χ0v) is 23.8. The Labute approximate surface area is 245 Å². The molecule has 0 radical (unpaired) electrons. The van der Waals surface area contributed by atoms with Crippen molar-refractivity contribution in [2.75, 3.05) is 33.4 Å². The van der Waals surface area contributed by atoms with E-state index in [1.165, 1.54) is 12.1 Å². The van der Waals surface area contributed by atoms with Crippen molar-refractivity contribution in [3.63, 3.8) is 0 Å². The Morgan fingerprint density at radius 3 is 2.57 bits per heavy atom. The summed E-state index contributed by atoms with van der Waals surface area (Å²) >= 11 is 0. The van der Waals surface area contributed by atoms with Gasteiger partial charge in [-0.2, -0.15) is 0 Å². The van der Waals surface area contributed by atoms with E-state index in [-0.39, 0.29) is 54.7 Å². The number of phenols is 1. The summed E-state index contributed by atoms with van der Waals surface area (Å²) in [5.74, 6) is -1.20. The molecule has 2 saturated heterocycles. The van der Waals surface area contributed by atoms with Gasteiger partial charge in [-0.1, -0.05) is 24.3 Å². The highest BCUT2D eigenvalue weighted by Gasteiger charge is 2.38. The molecule has 0 aliphatic carbocycles. The summed E-state index contributed by atoms with van der Waals surface area (Å²) in [6, 6.07) is 10.8. The molecule has 2 fully saturated rings. The summed E-state index contributed by atoms with van der Waals surface area (Å²) in [5.41, 5.74) is 1.01. The number of para-hydroxylation sites is 1. The van der Waals surface area contributed by atoms with Crippen LogP contribution in [-0.4, -0.2) is 96.1 Å². The maximum absolute atomic E-state index is 13.9. The first-order valence-corrected chi connectivity index (χ1v) is 14.5. The van der Waals surface area contributed by atoms with Gasteiger partial charge < -0.3 is 35.0 Å². The van der Waals surface area contributed by atoms with Gasteiger partial charge in [0.15, 0.2) is 0 Å². The normalized spacial score (nSPS) is 25.1. The summed E-state index contributed by atoms with van der Waals surface area (Å²) in [4.78, 5) is 58.2. The number of hydrogen-bond acceptors (Lipinski definition) is 7. The number of hydrogen-bond donors (Lipinski definition) is 3.